The number of aromatic nitrogens is 5. The number of hydrogen-bond donors (Lipinski definition) is 3. The van der Waals surface area contributed by atoms with Crippen molar-refractivity contribution in [2.75, 3.05) is 5.32 Å². The Balaban J connectivity index is 1.19. The van der Waals surface area contributed by atoms with Gasteiger partial charge in [-0.3, -0.25) is 19.9 Å². The number of hydrogen-bond acceptors (Lipinski definition) is 4. The number of anilines is 1. The monoisotopic (exact) mass is 526 g/mol. The highest BCUT2D eigenvalue weighted by Crippen LogP contribution is 2.35. The van der Waals surface area contributed by atoms with E-state index >= 15 is 0 Å². The van der Waals surface area contributed by atoms with E-state index in [0.717, 1.165) is 74.1 Å². The van der Waals surface area contributed by atoms with Crippen LogP contribution in [-0.4, -0.2) is 31.1 Å². The number of nitrogens with zero attached hydrogens (tertiary/aromatic N) is 3. The topological polar surface area (TPSA) is 99.3 Å². The van der Waals surface area contributed by atoms with Crippen LogP contribution in [0.15, 0.2) is 85.3 Å². The Hall–Kier alpha value is -4.78. The number of nitrogens with one attached hydrogen (secondary N) is 3. The molecule has 7 rings (SSSR count). The van der Waals surface area contributed by atoms with Gasteiger partial charge in [-0.2, -0.15) is 5.10 Å². The number of benzene rings is 2. The van der Waals surface area contributed by atoms with Crippen LogP contribution >= 0.6 is 0 Å². The van der Waals surface area contributed by atoms with E-state index in [-0.39, 0.29) is 5.91 Å². The molecule has 7 nitrogen and oxygen atoms in total. The molecule has 0 bridgehead atoms. The first-order valence-electron chi connectivity index (χ1n) is 14.0. The van der Waals surface area contributed by atoms with Gasteiger partial charge in [-0.15, -0.1) is 0 Å². The summed E-state index contributed by atoms with van der Waals surface area (Å²) in [6.07, 6.45) is 12.0. The van der Waals surface area contributed by atoms with Gasteiger partial charge in [0.2, 0.25) is 5.91 Å². The Morgan fingerprint density at radius 3 is 2.67 bits per heavy atom. The van der Waals surface area contributed by atoms with Crippen LogP contribution in [0.5, 0.6) is 0 Å². The molecule has 1 fully saturated rings. The third kappa shape index (κ3) is 4.75. The first-order valence-corrected chi connectivity index (χ1v) is 14.0. The SMILES string of the molecule is O=C(CC1CCCCC1)Nc1cncc(-c2ccc3[nH]nc(-c4cc5c(-c6ccccn6)cccc5[nH]4)c3c2)c1. The average Bonchev–Trinajstić information content (AvgIpc) is 3.62. The maximum absolute atomic E-state index is 12.7. The van der Waals surface area contributed by atoms with Crippen molar-refractivity contribution in [2.45, 2.75) is 38.5 Å². The zero-order valence-corrected chi connectivity index (χ0v) is 22.2. The summed E-state index contributed by atoms with van der Waals surface area (Å²) >= 11 is 0. The molecule has 6 aromatic rings. The van der Waals surface area contributed by atoms with Gasteiger partial charge in [0.1, 0.15) is 5.69 Å². The van der Waals surface area contributed by atoms with E-state index in [9.17, 15) is 4.79 Å². The van der Waals surface area contributed by atoms with Gasteiger partial charge in [-0.1, -0.05) is 43.5 Å². The van der Waals surface area contributed by atoms with Crippen molar-refractivity contribution in [3.63, 3.8) is 0 Å². The normalized spacial score (nSPS) is 14.1. The van der Waals surface area contributed by atoms with E-state index in [1.165, 1.54) is 19.3 Å². The summed E-state index contributed by atoms with van der Waals surface area (Å²) in [6, 6.07) is 22.5. The Morgan fingerprint density at radius 1 is 0.875 bits per heavy atom. The van der Waals surface area contributed by atoms with Crippen molar-refractivity contribution in [1.82, 2.24) is 25.1 Å². The molecule has 1 amide bonds. The minimum atomic E-state index is 0.0716. The zero-order chi connectivity index (χ0) is 26.9. The van der Waals surface area contributed by atoms with Gasteiger partial charge >= 0.3 is 0 Å². The lowest BCUT2D eigenvalue weighted by molar-refractivity contribution is -0.117. The summed E-state index contributed by atoms with van der Waals surface area (Å²) in [6.45, 7) is 0. The zero-order valence-electron chi connectivity index (χ0n) is 22.2. The molecule has 1 saturated carbocycles. The van der Waals surface area contributed by atoms with Gasteiger partial charge in [-0.05, 0) is 66.8 Å². The molecule has 0 saturated heterocycles. The van der Waals surface area contributed by atoms with Crippen molar-refractivity contribution < 1.29 is 4.79 Å². The minimum absolute atomic E-state index is 0.0716. The first-order chi connectivity index (χ1) is 19.7. The van der Waals surface area contributed by atoms with Gasteiger partial charge in [0.25, 0.3) is 0 Å². The number of aromatic amines is 2. The Morgan fingerprint density at radius 2 is 1.80 bits per heavy atom. The quantitative estimate of drug-likeness (QED) is 0.207. The second kappa shape index (κ2) is 10.4. The Bertz CT molecular complexity index is 1810. The molecule has 2 aromatic carbocycles. The summed E-state index contributed by atoms with van der Waals surface area (Å²) in [5.74, 6) is 0.568. The number of fused-ring (bicyclic) bond motifs is 2. The number of carbonyl (C=O) groups excluding carboxylic acids is 1. The standard InChI is InChI=1S/C33H30N6O/c40-32(15-21-7-2-1-3-8-21)36-24-16-23(19-34-20-24)22-12-13-30-27(17-22)33(39-38-30)31-18-26-25(9-6-11-29(26)37-31)28-10-4-5-14-35-28/h4-6,9-14,16-21,37H,1-3,7-8,15H2,(H,36,40)(H,38,39). The number of H-pyrrole nitrogens is 2. The van der Waals surface area contributed by atoms with E-state index < -0.39 is 0 Å². The summed E-state index contributed by atoms with van der Waals surface area (Å²) < 4.78 is 0. The van der Waals surface area contributed by atoms with Crippen molar-refractivity contribution in [1.29, 1.82) is 0 Å². The van der Waals surface area contributed by atoms with Gasteiger partial charge in [-0.25, -0.2) is 0 Å². The molecular weight excluding hydrogens is 496 g/mol. The number of carbonyl (C=O) groups is 1. The van der Waals surface area contributed by atoms with Gasteiger partial charge in [0.15, 0.2) is 0 Å². The lowest BCUT2D eigenvalue weighted by Gasteiger charge is -2.20. The van der Waals surface area contributed by atoms with Crippen LogP contribution in [-0.2, 0) is 4.79 Å². The number of rotatable bonds is 6. The molecule has 0 atom stereocenters. The molecule has 3 N–H and O–H groups in total. The molecule has 1 aliphatic carbocycles. The largest absolute Gasteiger partial charge is 0.353 e. The summed E-state index contributed by atoms with van der Waals surface area (Å²) in [5.41, 5.74) is 8.46. The van der Waals surface area contributed by atoms with E-state index in [4.69, 9.17) is 0 Å². The molecule has 0 spiro atoms. The molecule has 4 heterocycles. The number of amides is 1. The third-order valence-corrected chi connectivity index (χ3v) is 7.98. The lowest BCUT2D eigenvalue weighted by atomic mass is 9.87. The molecular formula is C33H30N6O. The van der Waals surface area contributed by atoms with E-state index in [0.29, 0.717) is 12.3 Å². The summed E-state index contributed by atoms with van der Waals surface area (Å²) in [4.78, 5) is 25.2. The van der Waals surface area contributed by atoms with Gasteiger partial charge in [0, 0.05) is 46.2 Å². The van der Waals surface area contributed by atoms with Crippen LogP contribution in [0.1, 0.15) is 38.5 Å². The molecule has 0 aliphatic heterocycles. The van der Waals surface area contributed by atoms with Crippen LogP contribution in [0.3, 0.4) is 0 Å². The van der Waals surface area contributed by atoms with Crippen molar-refractivity contribution in [2.24, 2.45) is 5.92 Å². The maximum atomic E-state index is 12.7. The van der Waals surface area contributed by atoms with Crippen molar-refractivity contribution in [3.05, 3.63) is 85.3 Å². The molecule has 1 aliphatic rings. The smallest absolute Gasteiger partial charge is 0.224 e. The van der Waals surface area contributed by atoms with E-state index in [1.54, 1.807) is 6.20 Å². The fourth-order valence-electron chi connectivity index (χ4n) is 5.96. The predicted octanol–water partition coefficient (Wildman–Crippen LogP) is 7.74. The van der Waals surface area contributed by atoms with Crippen LogP contribution in [0.25, 0.3) is 55.6 Å². The first kappa shape index (κ1) is 24.3. The second-order valence-electron chi connectivity index (χ2n) is 10.7. The molecule has 40 heavy (non-hydrogen) atoms. The molecule has 198 valence electrons. The van der Waals surface area contributed by atoms with E-state index in [2.05, 4.69) is 60.8 Å². The van der Waals surface area contributed by atoms with Crippen molar-refractivity contribution >= 4 is 33.4 Å². The Kier molecular flexibility index (Phi) is 6.32. The summed E-state index contributed by atoms with van der Waals surface area (Å²) in [5, 5.41) is 13.0. The average molecular weight is 527 g/mol. The lowest BCUT2D eigenvalue weighted by Crippen LogP contribution is -2.18. The van der Waals surface area contributed by atoms with Crippen LogP contribution in [0.2, 0.25) is 0 Å². The van der Waals surface area contributed by atoms with Gasteiger partial charge < -0.3 is 10.3 Å². The highest BCUT2D eigenvalue weighted by molar-refractivity contribution is 6.01. The number of pyridine rings is 2. The van der Waals surface area contributed by atoms with Gasteiger partial charge in [0.05, 0.1) is 28.8 Å². The maximum Gasteiger partial charge on any atom is 0.224 e. The third-order valence-electron chi connectivity index (χ3n) is 7.98. The highest BCUT2D eigenvalue weighted by atomic mass is 16.1. The highest BCUT2D eigenvalue weighted by Gasteiger charge is 2.18. The summed E-state index contributed by atoms with van der Waals surface area (Å²) in [7, 11) is 0. The predicted molar refractivity (Wildman–Crippen MR) is 160 cm³/mol. The Labute approximate surface area is 232 Å². The minimum Gasteiger partial charge on any atom is -0.353 e. The van der Waals surface area contributed by atoms with Crippen LogP contribution in [0.4, 0.5) is 5.69 Å². The second-order valence-corrected chi connectivity index (χ2v) is 10.7. The molecule has 4 aromatic heterocycles. The van der Waals surface area contributed by atoms with Crippen LogP contribution in [0, 0.1) is 5.92 Å². The fourth-order valence-corrected chi connectivity index (χ4v) is 5.96. The fraction of sp³-hybridized carbons (Fsp3) is 0.212. The molecule has 0 unspecified atom stereocenters. The molecule has 7 heteroatoms. The molecule has 0 radical (unpaired) electrons. The van der Waals surface area contributed by atoms with E-state index in [1.807, 2.05) is 48.8 Å². The van der Waals surface area contributed by atoms with Crippen molar-refractivity contribution in [3.8, 4) is 33.8 Å². The van der Waals surface area contributed by atoms with Crippen LogP contribution < -0.4 is 5.32 Å².